The van der Waals surface area contributed by atoms with Gasteiger partial charge in [-0.1, -0.05) is 12.8 Å². The van der Waals surface area contributed by atoms with Crippen molar-refractivity contribution in [1.29, 1.82) is 5.26 Å². The van der Waals surface area contributed by atoms with E-state index in [9.17, 15) is 4.79 Å². The van der Waals surface area contributed by atoms with Gasteiger partial charge in [0.2, 0.25) is 0 Å². The van der Waals surface area contributed by atoms with Gasteiger partial charge in [-0.25, -0.2) is 0 Å². The minimum Gasteiger partial charge on any atom is -0.444 e. The molecular weight excluding hydrogens is 166 g/mol. The Labute approximate surface area is 78.7 Å². The Morgan fingerprint density at radius 1 is 1.46 bits per heavy atom. The molecular formula is C10H15NO2. The van der Waals surface area contributed by atoms with Crippen LogP contribution in [0.25, 0.3) is 0 Å². The number of hydrogen-bond donors (Lipinski definition) is 0. The number of carbonyl (C=O) groups excluding carboxylic acids is 1. The summed E-state index contributed by atoms with van der Waals surface area (Å²) >= 11 is 0. The summed E-state index contributed by atoms with van der Waals surface area (Å²) in [6.45, 7) is 3.22. The Hall–Kier alpha value is -1.04. The van der Waals surface area contributed by atoms with Crippen molar-refractivity contribution in [2.45, 2.75) is 45.1 Å². The van der Waals surface area contributed by atoms with Crippen molar-refractivity contribution in [3.8, 4) is 6.07 Å². The van der Waals surface area contributed by atoms with Crippen LogP contribution in [0.3, 0.4) is 0 Å². The number of hydrogen-bond acceptors (Lipinski definition) is 3. The van der Waals surface area contributed by atoms with E-state index < -0.39 is 5.60 Å². The molecule has 0 aliphatic heterocycles. The Balaban J connectivity index is 2.45. The summed E-state index contributed by atoms with van der Waals surface area (Å²) in [4.78, 5) is 11.4. The van der Waals surface area contributed by atoms with E-state index in [0.717, 1.165) is 25.7 Å². The Morgan fingerprint density at radius 3 is 2.46 bits per heavy atom. The van der Waals surface area contributed by atoms with E-state index >= 15 is 0 Å². The molecule has 0 atom stereocenters. The summed E-state index contributed by atoms with van der Waals surface area (Å²) < 4.78 is 5.07. The molecule has 1 saturated carbocycles. The van der Waals surface area contributed by atoms with Crippen LogP contribution < -0.4 is 0 Å². The third kappa shape index (κ3) is 2.73. The quantitative estimate of drug-likeness (QED) is 0.612. The average molecular weight is 181 g/mol. The van der Waals surface area contributed by atoms with Crippen LogP contribution in [-0.2, 0) is 9.53 Å². The van der Waals surface area contributed by atoms with Gasteiger partial charge in [0, 0.05) is 0 Å². The molecule has 13 heavy (non-hydrogen) atoms. The van der Waals surface area contributed by atoms with Crippen molar-refractivity contribution in [1.82, 2.24) is 0 Å². The highest BCUT2D eigenvalue weighted by Crippen LogP contribution is 2.27. The molecule has 3 heteroatoms. The SMILES string of the molecule is CC(C)(C#N)OC(=O)C1CCCC1. The lowest BCUT2D eigenvalue weighted by molar-refractivity contribution is -0.156. The third-order valence-electron chi connectivity index (χ3n) is 2.31. The number of nitriles is 1. The summed E-state index contributed by atoms with van der Waals surface area (Å²) in [7, 11) is 0. The number of rotatable bonds is 2. The molecule has 3 nitrogen and oxygen atoms in total. The van der Waals surface area contributed by atoms with Crippen LogP contribution in [0, 0.1) is 17.2 Å². The molecule has 72 valence electrons. The first kappa shape index (κ1) is 10.0. The van der Waals surface area contributed by atoms with E-state index in [0.29, 0.717) is 0 Å². The van der Waals surface area contributed by atoms with Crippen molar-refractivity contribution >= 4 is 5.97 Å². The van der Waals surface area contributed by atoms with Gasteiger partial charge in [-0.15, -0.1) is 0 Å². The monoisotopic (exact) mass is 181 g/mol. The maximum Gasteiger partial charge on any atom is 0.310 e. The average Bonchev–Trinajstić information content (AvgIpc) is 2.55. The molecule has 1 rings (SSSR count). The molecule has 1 aliphatic rings. The van der Waals surface area contributed by atoms with E-state index in [1.807, 2.05) is 6.07 Å². The smallest absolute Gasteiger partial charge is 0.310 e. The topological polar surface area (TPSA) is 50.1 Å². The minimum atomic E-state index is -0.973. The summed E-state index contributed by atoms with van der Waals surface area (Å²) in [5.74, 6) is -0.170. The zero-order valence-electron chi connectivity index (χ0n) is 8.17. The van der Waals surface area contributed by atoms with Gasteiger partial charge in [-0.2, -0.15) is 5.26 Å². The second kappa shape index (κ2) is 3.78. The van der Waals surface area contributed by atoms with Gasteiger partial charge >= 0.3 is 5.97 Å². The molecule has 0 aromatic carbocycles. The van der Waals surface area contributed by atoms with Crippen molar-refractivity contribution in [2.75, 3.05) is 0 Å². The van der Waals surface area contributed by atoms with E-state index in [1.165, 1.54) is 0 Å². The predicted octanol–water partition coefficient (Wildman–Crippen LogP) is 2.02. The van der Waals surface area contributed by atoms with Crippen LogP contribution in [0.4, 0.5) is 0 Å². The van der Waals surface area contributed by atoms with Gasteiger partial charge in [-0.05, 0) is 26.7 Å². The molecule has 0 aromatic rings. The maximum atomic E-state index is 11.4. The lowest BCUT2D eigenvalue weighted by Gasteiger charge is -2.19. The molecule has 0 saturated heterocycles. The van der Waals surface area contributed by atoms with Crippen LogP contribution in [0.1, 0.15) is 39.5 Å². The van der Waals surface area contributed by atoms with Gasteiger partial charge in [0.1, 0.15) is 6.07 Å². The van der Waals surface area contributed by atoms with Crippen LogP contribution in [0.15, 0.2) is 0 Å². The van der Waals surface area contributed by atoms with Crippen LogP contribution >= 0.6 is 0 Å². The number of nitrogens with zero attached hydrogens (tertiary/aromatic N) is 1. The molecule has 0 heterocycles. The van der Waals surface area contributed by atoms with Gasteiger partial charge in [0.25, 0.3) is 0 Å². The highest BCUT2D eigenvalue weighted by Gasteiger charge is 2.29. The lowest BCUT2D eigenvalue weighted by atomic mass is 10.1. The molecule has 0 N–H and O–H groups in total. The second-order valence-corrected chi connectivity index (χ2v) is 4.02. The molecule has 0 bridgehead atoms. The zero-order valence-corrected chi connectivity index (χ0v) is 8.17. The van der Waals surface area contributed by atoms with Crippen molar-refractivity contribution < 1.29 is 9.53 Å². The second-order valence-electron chi connectivity index (χ2n) is 4.02. The molecule has 0 aromatic heterocycles. The van der Waals surface area contributed by atoms with Gasteiger partial charge in [0.05, 0.1) is 5.92 Å². The van der Waals surface area contributed by atoms with Crippen molar-refractivity contribution in [2.24, 2.45) is 5.92 Å². The maximum absolute atomic E-state index is 11.4. The number of esters is 1. The highest BCUT2D eigenvalue weighted by atomic mass is 16.6. The molecule has 1 aliphatic carbocycles. The van der Waals surface area contributed by atoms with Gasteiger partial charge in [-0.3, -0.25) is 4.79 Å². The third-order valence-corrected chi connectivity index (χ3v) is 2.31. The normalized spacial score (nSPS) is 18.2. The Kier molecular flexibility index (Phi) is 2.92. The van der Waals surface area contributed by atoms with Gasteiger partial charge < -0.3 is 4.74 Å². The zero-order chi connectivity index (χ0) is 9.90. The van der Waals surface area contributed by atoms with Crippen molar-refractivity contribution in [3.63, 3.8) is 0 Å². The fourth-order valence-corrected chi connectivity index (χ4v) is 1.52. The number of ether oxygens (including phenoxy) is 1. The summed E-state index contributed by atoms with van der Waals surface area (Å²) in [5, 5.41) is 8.66. The molecule has 1 fully saturated rings. The van der Waals surface area contributed by atoms with E-state index in [2.05, 4.69) is 0 Å². The molecule has 0 spiro atoms. The van der Waals surface area contributed by atoms with Crippen LogP contribution in [-0.4, -0.2) is 11.6 Å². The summed E-state index contributed by atoms with van der Waals surface area (Å²) in [6, 6.07) is 1.95. The van der Waals surface area contributed by atoms with Gasteiger partial charge in [0.15, 0.2) is 5.60 Å². The first-order valence-electron chi connectivity index (χ1n) is 4.69. The fraction of sp³-hybridized carbons (Fsp3) is 0.800. The molecule has 0 unspecified atom stereocenters. The Bertz CT molecular complexity index is 234. The van der Waals surface area contributed by atoms with E-state index in [1.54, 1.807) is 13.8 Å². The van der Waals surface area contributed by atoms with Crippen LogP contribution in [0.5, 0.6) is 0 Å². The highest BCUT2D eigenvalue weighted by molar-refractivity contribution is 5.73. The first-order chi connectivity index (χ1) is 6.05. The fourth-order valence-electron chi connectivity index (χ4n) is 1.52. The van der Waals surface area contributed by atoms with E-state index in [-0.39, 0.29) is 11.9 Å². The van der Waals surface area contributed by atoms with E-state index in [4.69, 9.17) is 10.00 Å². The van der Waals surface area contributed by atoms with Crippen molar-refractivity contribution in [3.05, 3.63) is 0 Å². The molecule has 0 radical (unpaired) electrons. The largest absolute Gasteiger partial charge is 0.444 e. The standard InChI is InChI=1S/C10H15NO2/c1-10(2,7-11)13-9(12)8-5-3-4-6-8/h8H,3-6H2,1-2H3. The first-order valence-corrected chi connectivity index (χ1v) is 4.69. The number of carbonyl (C=O) groups is 1. The Morgan fingerprint density at radius 2 is 2.00 bits per heavy atom. The molecule has 0 amide bonds. The van der Waals surface area contributed by atoms with Crippen LogP contribution in [0.2, 0.25) is 0 Å². The predicted molar refractivity (Wildman–Crippen MR) is 47.7 cm³/mol. The lowest BCUT2D eigenvalue weighted by Crippen LogP contribution is -2.29. The summed E-state index contributed by atoms with van der Waals surface area (Å²) in [5.41, 5.74) is -0.973. The minimum absolute atomic E-state index is 0.0348. The summed E-state index contributed by atoms with van der Waals surface area (Å²) in [6.07, 6.45) is 4.04.